The predicted octanol–water partition coefficient (Wildman–Crippen LogP) is 5.18. The normalized spacial score (nSPS) is 32.9. The van der Waals surface area contributed by atoms with Crippen LogP contribution in [0.15, 0.2) is 11.6 Å². The summed E-state index contributed by atoms with van der Waals surface area (Å²) in [6.07, 6.45) is 5.40. The Bertz CT molecular complexity index is 3200. The number of nitrogens with zero attached hydrogens (tertiary/aromatic N) is 2. The molecular formula is C80H140N6O27P2S. The molecule has 3 saturated carbocycles. The van der Waals surface area contributed by atoms with Gasteiger partial charge in [0, 0.05) is 84.1 Å². The summed E-state index contributed by atoms with van der Waals surface area (Å²) in [6.45, 7) is 7.38. The summed E-state index contributed by atoms with van der Waals surface area (Å²) in [5.74, 6) is 2.79. The van der Waals surface area contributed by atoms with E-state index in [-0.39, 0.29) is 133 Å². The van der Waals surface area contributed by atoms with Gasteiger partial charge >= 0.3 is 20.6 Å². The van der Waals surface area contributed by atoms with Crippen molar-refractivity contribution in [1.29, 1.82) is 0 Å². The Morgan fingerprint density at radius 3 is 1.81 bits per heavy atom. The largest absolute Gasteiger partial charge is 0.472 e. The van der Waals surface area contributed by atoms with Crippen molar-refractivity contribution in [3.63, 3.8) is 0 Å². The summed E-state index contributed by atoms with van der Waals surface area (Å²) >= 11 is 4.61. The minimum atomic E-state index is -4.83. The van der Waals surface area contributed by atoms with Crippen LogP contribution in [-0.4, -0.2) is 276 Å². The number of aliphatic hydroxyl groups is 9. The third-order valence-electron chi connectivity index (χ3n) is 26.1. The number of carbonyl (C=O) groups excluding carboxylic acids is 6. The van der Waals surface area contributed by atoms with E-state index < -0.39 is 144 Å². The zero-order valence-corrected chi connectivity index (χ0v) is 71.5. The molecule has 668 valence electrons. The number of phosphoric ester groups is 1. The van der Waals surface area contributed by atoms with E-state index in [1.54, 1.807) is 4.90 Å². The van der Waals surface area contributed by atoms with Crippen molar-refractivity contribution in [3.8, 4) is 0 Å². The lowest BCUT2D eigenvalue weighted by molar-refractivity contribution is -0.301. The van der Waals surface area contributed by atoms with Crippen molar-refractivity contribution in [2.75, 3.05) is 72.4 Å². The molecule has 116 heavy (non-hydrogen) atoms. The zero-order chi connectivity index (χ0) is 84.5. The Kier molecular flexibility index (Phi) is 40.0. The molecule has 24 atom stereocenters. The van der Waals surface area contributed by atoms with E-state index in [0.29, 0.717) is 94.9 Å². The van der Waals surface area contributed by atoms with Crippen LogP contribution in [0.5, 0.6) is 0 Å². The van der Waals surface area contributed by atoms with Crippen LogP contribution in [-0.2, 0) is 77.6 Å². The summed E-state index contributed by atoms with van der Waals surface area (Å²) in [5, 5.41) is 102. The van der Waals surface area contributed by atoms with Gasteiger partial charge in [0.15, 0.2) is 12.6 Å². The van der Waals surface area contributed by atoms with Crippen molar-refractivity contribution in [1.82, 2.24) is 31.1 Å². The highest BCUT2D eigenvalue weighted by Gasteiger charge is 2.60. The van der Waals surface area contributed by atoms with E-state index in [0.717, 1.165) is 55.3 Å². The lowest BCUT2D eigenvalue weighted by Crippen LogP contribution is -2.59. The number of phosphoric acid groups is 1. The van der Waals surface area contributed by atoms with Crippen LogP contribution in [0.2, 0.25) is 0 Å². The second-order valence-electron chi connectivity index (χ2n) is 34.9. The number of aliphatic hydroxyl groups excluding tert-OH is 9. The first kappa shape index (κ1) is 97.9. The number of carbonyl (C=O) groups is 6. The average molecular weight is 1710 g/mol. The number of β-amino-alcohol motifs (C(OH)–C–C–N with tert-alkyl or cyclic N) is 1. The maximum absolute atomic E-state index is 13.9. The fourth-order valence-electron chi connectivity index (χ4n) is 19.6. The fourth-order valence-corrected chi connectivity index (χ4v) is 21.2. The maximum atomic E-state index is 13.9. The van der Waals surface area contributed by atoms with Crippen LogP contribution in [0.1, 0.15) is 240 Å². The quantitative estimate of drug-likeness (QED) is 0.0212. The molecule has 16 N–H and O–H groups in total. The van der Waals surface area contributed by atoms with Crippen molar-refractivity contribution in [3.05, 3.63) is 11.6 Å². The Morgan fingerprint density at radius 1 is 0.595 bits per heavy atom. The van der Waals surface area contributed by atoms with Gasteiger partial charge < -0.3 is 120 Å². The van der Waals surface area contributed by atoms with Crippen LogP contribution in [0, 0.1) is 46.3 Å². The summed E-state index contributed by atoms with van der Waals surface area (Å²) in [6, 6.07) is -2.22. The van der Waals surface area contributed by atoms with Gasteiger partial charge in [-0.3, -0.25) is 33.0 Å². The first-order chi connectivity index (χ1) is 55.1. The molecule has 4 saturated heterocycles. The first-order valence-corrected chi connectivity index (χ1v) is 47.2. The van der Waals surface area contributed by atoms with Gasteiger partial charge in [-0.05, 0) is 199 Å². The van der Waals surface area contributed by atoms with Gasteiger partial charge in [0.2, 0.25) is 29.5 Å². The fraction of sp³-hybridized carbons (Fsp3) is 0.900. The molecule has 4 aliphatic heterocycles. The maximum Gasteiger partial charge on any atom is 0.472 e. The summed E-state index contributed by atoms with van der Waals surface area (Å²) in [4.78, 5) is 114. The van der Waals surface area contributed by atoms with Crippen molar-refractivity contribution >= 4 is 62.0 Å². The number of nitrogens with one attached hydrogen (secondary N) is 4. The summed E-state index contributed by atoms with van der Waals surface area (Å²) in [7, 11) is -4.83. The standard InChI is InChI=1S/C80H140N6O27P2S/c1-50(2)20-18-21-51(3)59-30-31-60-58-29-28-52-42-56(32-34-79(52,4)61(58)33-35-80(59,60)5)110-78(101)83-38-14-7-9-27-68(93)86-46-57(44-53(86)22-19-41-108-115(104,105)116)113-114(102,103)109-49-54-43-55(89)45-85(54)67(92)26-8-6-13-37-82-75(100)62(84-66(91)25-12-17-40-107-77-74(99)72(97)70(95)64(48-88)112-77)23-10-15-36-81-65(90)24-11-16-39-106-76-73(98)71(96)69(94)63(47-87)111-76/h28,50-51,53-64,69-74,76-77,87-89,94-99H,6-27,29-49H2,1-5H3,(H,81,90)(H,82,100)(H,83,101)(H,84,91)(H,102,103)(H2,104,105,116)/t51-,53?,54?,55-,56?,57-,58?,59?,60?,61?,62+,63?,64?,69?,70?,71?,72?,73?,74?,76?,77?,79+,80-/m1/s1. The van der Waals surface area contributed by atoms with Gasteiger partial charge in [0.25, 0.3) is 0 Å². The van der Waals surface area contributed by atoms with Crippen molar-refractivity contribution in [2.45, 2.75) is 338 Å². The third kappa shape index (κ3) is 29.1. The number of hydrogen-bond acceptors (Lipinski definition) is 25. The van der Waals surface area contributed by atoms with Crippen LogP contribution in [0.25, 0.3) is 0 Å². The molecule has 8 rings (SSSR count). The third-order valence-corrected chi connectivity index (χ3v) is 27.9. The number of fused-ring (bicyclic) bond motifs is 5. The van der Waals surface area contributed by atoms with E-state index in [9.17, 15) is 94.0 Å². The minimum Gasteiger partial charge on any atom is -0.446 e. The number of allylic oxidation sites excluding steroid dienone is 1. The van der Waals surface area contributed by atoms with Gasteiger partial charge in [-0.2, -0.15) is 0 Å². The van der Waals surface area contributed by atoms with Gasteiger partial charge in [0.1, 0.15) is 61.0 Å². The number of alkyl carbamates (subject to hydrolysis) is 1. The van der Waals surface area contributed by atoms with Crippen LogP contribution in [0.3, 0.4) is 0 Å². The average Bonchev–Trinajstić information content (AvgIpc) is 1.39. The molecule has 18 unspecified atom stereocenters. The topological polar surface area (TPSA) is 491 Å². The molecule has 0 bridgehead atoms. The molecule has 4 aliphatic carbocycles. The van der Waals surface area contributed by atoms with Crippen LogP contribution < -0.4 is 21.3 Å². The molecule has 33 nitrogen and oxygen atoms in total. The SMILES string of the molecule is CC(C)CCC[C@@H](C)C1CCC2C3CC=C4CC(OC(=O)NCCCCCC(=O)N5C[C@H](OP(=O)(O)OCC6C[C@@H](O)CN6C(=O)CCCCCNC(=O)[C@H](CCCCNC(=O)CCCCOC6OC(CO)C(O)C(O)C6O)NC(=O)CCCCOC6OC(CO)C(O)C(O)C6O)CC5CCCOP(O)(O)=S)CC[C@]4(C)C3CC[C@@]21C. The van der Waals surface area contributed by atoms with Gasteiger partial charge in [0.05, 0.1) is 44.7 Å². The zero-order valence-electron chi connectivity index (χ0n) is 68.9. The first-order valence-electron chi connectivity index (χ1n) is 43.1. The number of amides is 6. The lowest BCUT2D eigenvalue weighted by Gasteiger charge is -2.58. The highest BCUT2D eigenvalue weighted by molar-refractivity contribution is 8.06. The Labute approximate surface area is 689 Å². The second-order valence-corrected chi connectivity index (χ2v) is 39.0. The molecule has 7 fully saturated rings. The Morgan fingerprint density at radius 2 is 1.19 bits per heavy atom. The number of unbranched alkanes of at least 4 members (excludes halogenated alkanes) is 7. The Hall–Kier alpha value is -3.52. The highest BCUT2D eigenvalue weighted by Crippen LogP contribution is 2.67. The van der Waals surface area contributed by atoms with Gasteiger partial charge in [-0.25, -0.2) is 9.36 Å². The molecule has 0 aromatic carbocycles. The molecule has 36 heteroatoms. The summed E-state index contributed by atoms with van der Waals surface area (Å²) in [5.41, 5.74) is 2.03. The molecule has 0 aromatic rings. The molecule has 0 spiro atoms. The number of rotatable bonds is 49. The van der Waals surface area contributed by atoms with Crippen LogP contribution >= 0.6 is 14.5 Å². The Balaban J connectivity index is 0.720. The molecule has 4 heterocycles. The minimum absolute atomic E-state index is 0.0133. The highest BCUT2D eigenvalue weighted by atomic mass is 32.5. The van der Waals surface area contributed by atoms with E-state index in [4.69, 9.17) is 37.3 Å². The van der Waals surface area contributed by atoms with Crippen molar-refractivity contribution in [2.24, 2.45) is 46.3 Å². The van der Waals surface area contributed by atoms with Gasteiger partial charge in [-0.15, -0.1) is 0 Å². The second kappa shape index (κ2) is 47.4. The molecule has 0 aromatic heterocycles. The van der Waals surface area contributed by atoms with E-state index in [1.807, 2.05) is 0 Å². The molecule has 8 aliphatic rings. The van der Waals surface area contributed by atoms with E-state index >= 15 is 0 Å². The number of likely N-dealkylation sites (tertiary alicyclic amines) is 2. The van der Waals surface area contributed by atoms with E-state index in [1.165, 1.54) is 55.4 Å². The van der Waals surface area contributed by atoms with Crippen molar-refractivity contribution < 1.29 is 131 Å². The lowest BCUT2D eigenvalue weighted by atomic mass is 9.47. The molecule has 0 radical (unpaired) electrons. The molecular weight excluding hydrogens is 1570 g/mol. The number of hydrogen-bond donors (Lipinski definition) is 16. The smallest absolute Gasteiger partial charge is 0.446 e. The van der Waals surface area contributed by atoms with Crippen LogP contribution in [0.4, 0.5) is 4.79 Å². The monoisotopic (exact) mass is 1710 g/mol. The molecule has 6 amide bonds. The van der Waals surface area contributed by atoms with Gasteiger partial charge in [-0.1, -0.05) is 78.4 Å². The summed E-state index contributed by atoms with van der Waals surface area (Å²) < 4.78 is 57.7. The predicted molar refractivity (Wildman–Crippen MR) is 428 cm³/mol. The van der Waals surface area contributed by atoms with E-state index in [2.05, 4.69) is 73.8 Å². The number of ether oxygens (including phenoxy) is 5.